The number of rotatable bonds is 7. The molecule has 1 aliphatic carbocycles. The highest BCUT2D eigenvalue weighted by atomic mass is 32.2. The van der Waals surface area contributed by atoms with Crippen LogP contribution < -0.4 is 10.3 Å². The first-order valence-electron chi connectivity index (χ1n) is 10.1. The number of hydrogen-bond donors (Lipinski definition) is 2. The van der Waals surface area contributed by atoms with Crippen molar-refractivity contribution in [1.82, 2.24) is 20.2 Å². The zero-order valence-electron chi connectivity index (χ0n) is 16.6. The van der Waals surface area contributed by atoms with Crippen molar-refractivity contribution in [2.45, 2.75) is 49.4 Å². The third-order valence-electron chi connectivity index (χ3n) is 5.38. The van der Waals surface area contributed by atoms with E-state index >= 15 is 0 Å². The summed E-state index contributed by atoms with van der Waals surface area (Å²) in [4.78, 5) is 19.6. The third kappa shape index (κ3) is 5.29. The van der Waals surface area contributed by atoms with Crippen LogP contribution in [0.25, 0.3) is 11.3 Å². The maximum absolute atomic E-state index is 12.1. The minimum absolute atomic E-state index is 0.0748. The minimum Gasteiger partial charge on any atom is -0.497 e. The largest absolute Gasteiger partial charge is 0.497 e. The van der Waals surface area contributed by atoms with Gasteiger partial charge < -0.3 is 9.72 Å². The predicted octanol–water partition coefficient (Wildman–Crippen LogP) is 4.58. The number of benzene rings is 1. The fourth-order valence-electron chi connectivity index (χ4n) is 3.84. The van der Waals surface area contributed by atoms with Gasteiger partial charge in [0.15, 0.2) is 5.16 Å². The molecule has 0 saturated heterocycles. The molecule has 2 N–H and O–H groups in total. The van der Waals surface area contributed by atoms with Crippen LogP contribution in [0.15, 0.2) is 46.3 Å². The lowest BCUT2D eigenvalue weighted by molar-refractivity contribution is 0.353. The Labute approximate surface area is 174 Å². The summed E-state index contributed by atoms with van der Waals surface area (Å²) in [5, 5.41) is 8.13. The van der Waals surface area contributed by atoms with Gasteiger partial charge in [0, 0.05) is 17.5 Å². The van der Waals surface area contributed by atoms with Gasteiger partial charge in [-0.05, 0) is 48.2 Å². The van der Waals surface area contributed by atoms with Crippen molar-refractivity contribution in [3.8, 4) is 17.0 Å². The van der Waals surface area contributed by atoms with Crippen LogP contribution in [0.4, 0.5) is 0 Å². The zero-order chi connectivity index (χ0) is 20.1. The van der Waals surface area contributed by atoms with Crippen molar-refractivity contribution >= 4 is 11.8 Å². The molecule has 0 amide bonds. The Bertz CT molecular complexity index is 991. The lowest BCUT2D eigenvalue weighted by atomic mass is 9.86. The molecule has 0 aliphatic heterocycles. The number of nitrogens with one attached hydrogen (secondary N) is 2. The van der Waals surface area contributed by atoms with Crippen molar-refractivity contribution in [2.24, 2.45) is 5.92 Å². The van der Waals surface area contributed by atoms with Crippen molar-refractivity contribution < 1.29 is 4.74 Å². The molecule has 152 valence electrons. The third-order valence-corrected chi connectivity index (χ3v) is 6.29. The first-order chi connectivity index (χ1) is 14.2. The smallest absolute Gasteiger partial charge is 0.251 e. The number of aromatic amines is 2. The summed E-state index contributed by atoms with van der Waals surface area (Å²) in [7, 11) is 1.66. The Morgan fingerprint density at radius 2 is 1.90 bits per heavy atom. The molecular weight excluding hydrogens is 384 g/mol. The molecule has 1 saturated carbocycles. The van der Waals surface area contributed by atoms with Crippen LogP contribution in [0, 0.1) is 5.92 Å². The Hall–Kier alpha value is -2.54. The second-order valence-electron chi connectivity index (χ2n) is 7.54. The summed E-state index contributed by atoms with van der Waals surface area (Å²) in [6.45, 7) is 0. The number of thioether (sulfide) groups is 1. The maximum Gasteiger partial charge on any atom is 0.251 e. The molecule has 0 unspecified atom stereocenters. The highest BCUT2D eigenvalue weighted by molar-refractivity contribution is 7.98. The Morgan fingerprint density at radius 3 is 2.66 bits per heavy atom. The first kappa shape index (κ1) is 19.8. The van der Waals surface area contributed by atoms with E-state index in [2.05, 4.69) is 20.2 Å². The monoisotopic (exact) mass is 410 g/mol. The number of H-pyrrole nitrogens is 2. The number of nitrogens with zero attached hydrogens (tertiary/aromatic N) is 2. The molecule has 1 fully saturated rings. The number of aromatic nitrogens is 4. The average Bonchev–Trinajstić information content (AvgIpc) is 3.22. The van der Waals surface area contributed by atoms with Crippen LogP contribution in [0.2, 0.25) is 0 Å². The maximum atomic E-state index is 12.1. The molecule has 0 atom stereocenters. The van der Waals surface area contributed by atoms with E-state index in [4.69, 9.17) is 4.74 Å². The number of hydrogen-bond acceptors (Lipinski definition) is 5. The van der Waals surface area contributed by atoms with Gasteiger partial charge in [-0.2, -0.15) is 5.10 Å². The van der Waals surface area contributed by atoms with E-state index in [1.165, 1.54) is 43.9 Å². The summed E-state index contributed by atoms with van der Waals surface area (Å²) in [6, 6.07) is 11.5. The van der Waals surface area contributed by atoms with Gasteiger partial charge >= 0.3 is 0 Å². The van der Waals surface area contributed by atoms with E-state index in [9.17, 15) is 4.79 Å². The molecule has 7 heteroatoms. The normalized spacial score (nSPS) is 14.8. The van der Waals surface area contributed by atoms with Gasteiger partial charge in [-0.3, -0.25) is 9.89 Å². The second-order valence-corrected chi connectivity index (χ2v) is 8.50. The van der Waals surface area contributed by atoms with Gasteiger partial charge in [0.25, 0.3) is 5.56 Å². The van der Waals surface area contributed by atoms with Gasteiger partial charge in [0.1, 0.15) is 5.75 Å². The predicted molar refractivity (Wildman–Crippen MR) is 115 cm³/mol. The van der Waals surface area contributed by atoms with Crippen molar-refractivity contribution in [3.05, 3.63) is 58.1 Å². The lowest BCUT2D eigenvalue weighted by Crippen LogP contribution is -2.15. The van der Waals surface area contributed by atoms with Crippen LogP contribution in [0.5, 0.6) is 5.75 Å². The van der Waals surface area contributed by atoms with Gasteiger partial charge in [0.05, 0.1) is 18.5 Å². The Kier molecular flexibility index (Phi) is 6.34. The molecule has 4 rings (SSSR count). The highest BCUT2D eigenvalue weighted by Gasteiger charge is 2.15. The zero-order valence-corrected chi connectivity index (χ0v) is 17.4. The number of methoxy groups -OCH3 is 1. The SMILES string of the molecule is COc1ccc(-c2cc(CSc3nc(CC4CCCCC4)cc(=O)[nH]3)n[nH]2)cc1. The van der Waals surface area contributed by atoms with Crippen LogP contribution in [-0.2, 0) is 12.2 Å². The van der Waals surface area contributed by atoms with Crippen LogP contribution >= 0.6 is 11.8 Å². The van der Waals surface area contributed by atoms with E-state index in [1.54, 1.807) is 13.2 Å². The summed E-state index contributed by atoms with van der Waals surface area (Å²) in [5.74, 6) is 2.13. The van der Waals surface area contributed by atoms with Crippen LogP contribution in [0.3, 0.4) is 0 Å². The van der Waals surface area contributed by atoms with Crippen molar-refractivity contribution in [1.29, 1.82) is 0 Å². The van der Waals surface area contributed by atoms with Crippen LogP contribution in [0.1, 0.15) is 43.5 Å². The molecule has 6 nitrogen and oxygen atoms in total. The molecule has 2 aromatic heterocycles. The minimum atomic E-state index is -0.0748. The molecule has 0 bridgehead atoms. The van der Waals surface area contributed by atoms with Gasteiger partial charge in [-0.1, -0.05) is 43.9 Å². The standard InChI is InChI=1S/C22H26N4O2S/c1-28-19-9-7-16(8-10-19)20-12-18(25-26-20)14-29-22-23-17(13-21(27)24-22)11-15-5-3-2-4-6-15/h7-10,12-13,15H,2-6,11,14H2,1H3,(H,25,26)(H,23,24,27). The van der Waals surface area contributed by atoms with E-state index in [-0.39, 0.29) is 5.56 Å². The first-order valence-corrected chi connectivity index (χ1v) is 11.1. The van der Waals surface area contributed by atoms with Crippen LogP contribution in [-0.4, -0.2) is 27.3 Å². The Balaban J connectivity index is 1.39. The van der Waals surface area contributed by atoms with Crippen molar-refractivity contribution in [2.75, 3.05) is 7.11 Å². The Morgan fingerprint density at radius 1 is 1.10 bits per heavy atom. The van der Waals surface area contributed by atoms with Gasteiger partial charge in [-0.25, -0.2) is 4.98 Å². The van der Waals surface area contributed by atoms with Gasteiger partial charge in [-0.15, -0.1) is 0 Å². The van der Waals surface area contributed by atoms with E-state index in [0.717, 1.165) is 34.8 Å². The highest BCUT2D eigenvalue weighted by Crippen LogP contribution is 2.27. The molecular formula is C22H26N4O2S. The molecule has 2 heterocycles. The summed E-state index contributed by atoms with van der Waals surface area (Å²) in [6.07, 6.45) is 7.33. The molecule has 3 aromatic rings. The average molecular weight is 411 g/mol. The molecule has 1 aromatic carbocycles. The lowest BCUT2D eigenvalue weighted by Gasteiger charge is -2.20. The molecule has 29 heavy (non-hydrogen) atoms. The topological polar surface area (TPSA) is 83.7 Å². The summed E-state index contributed by atoms with van der Waals surface area (Å²) >= 11 is 1.51. The molecule has 0 radical (unpaired) electrons. The summed E-state index contributed by atoms with van der Waals surface area (Å²) in [5.41, 5.74) is 3.76. The van der Waals surface area contributed by atoms with E-state index in [1.807, 2.05) is 30.3 Å². The van der Waals surface area contributed by atoms with E-state index in [0.29, 0.717) is 16.8 Å². The summed E-state index contributed by atoms with van der Waals surface area (Å²) < 4.78 is 5.20. The quantitative estimate of drug-likeness (QED) is 0.440. The van der Waals surface area contributed by atoms with E-state index < -0.39 is 0 Å². The molecule has 1 aliphatic rings. The second kappa shape index (κ2) is 9.31. The van der Waals surface area contributed by atoms with Crippen molar-refractivity contribution in [3.63, 3.8) is 0 Å². The fraction of sp³-hybridized carbons (Fsp3) is 0.409. The van der Waals surface area contributed by atoms with Gasteiger partial charge in [0.2, 0.25) is 0 Å². The fourth-order valence-corrected chi connectivity index (χ4v) is 4.63. The number of ether oxygens (including phenoxy) is 1. The molecule has 0 spiro atoms.